The van der Waals surface area contributed by atoms with Crippen molar-refractivity contribution >= 4 is 12.1 Å². The SMILES string of the molecule is COC(=O)C1C[C@H]2CCC[C@@H](C1)N2C(=O)OC(C)(C)C. The van der Waals surface area contributed by atoms with Crippen molar-refractivity contribution in [3.05, 3.63) is 0 Å². The predicted molar refractivity (Wildman–Crippen MR) is 74.2 cm³/mol. The molecule has 0 N–H and O–H groups in total. The Morgan fingerprint density at radius 3 is 2.10 bits per heavy atom. The fourth-order valence-electron chi connectivity index (χ4n) is 3.35. The molecule has 0 spiro atoms. The van der Waals surface area contributed by atoms with E-state index in [9.17, 15) is 9.59 Å². The number of hydrogen-bond donors (Lipinski definition) is 0. The molecule has 3 atom stereocenters. The van der Waals surface area contributed by atoms with Crippen LogP contribution in [0.25, 0.3) is 0 Å². The van der Waals surface area contributed by atoms with Gasteiger partial charge in [-0.25, -0.2) is 4.79 Å². The Balaban J connectivity index is 2.09. The summed E-state index contributed by atoms with van der Waals surface area (Å²) in [5.74, 6) is -0.222. The number of esters is 1. The minimum atomic E-state index is -0.482. The van der Waals surface area contributed by atoms with Crippen molar-refractivity contribution in [3.8, 4) is 0 Å². The third kappa shape index (κ3) is 3.25. The van der Waals surface area contributed by atoms with Crippen molar-refractivity contribution in [3.63, 3.8) is 0 Å². The van der Waals surface area contributed by atoms with E-state index in [2.05, 4.69) is 0 Å². The summed E-state index contributed by atoms with van der Waals surface area (Å²) in [7, 11) is 1.43. The molecule has 114 valence electrons. The van der Waals surface area contributed by atoms with Gasteiger partial charge in [0.1, 0.15) is 5.60 Å². The van der Waals surface area contributed by atoms with E-state index in [0.29, 0.717) is 12.8 Å². The minimum Gasteiger partial charge on any atom is -0.469 e. The molecule has 0 aliphatic carbocycles. The quantitative estimate of drug-likeness (QED) is 0.694. The number of methoxy groups -OCH3 is 1. The molecule has 5 heteroatoms. The van der Waals surface area contributed by atoms with E-state index < -0.39 is 5.60 Å². The molecular weight excluding hydrogens is 258 g/mol. The molecule has 2 saturated heterocycles. The normalized spacial score (nSPS) is 29.8. The average molecular weight is 283 g/mol. The van der Waals surface area contributed by atoms with Crippen LogP contribution in [0.1, 0.15) is 52.9 Å². The van der Waals surface area contributed by atoms with Crippen molar-refractivity contribution in [2.24, 2.45) is 5.92 Å². The maximum Gasteiger partial charge on any atom is 0.410 e. The van der Waals surface area contributed by atoms with Crippen LogP contribution in [0.3, 0.4) is 0 Å². The molecule has 20 heavy (non-hydrogen) atoms. The van der Waals surface area contributed by atoms with E-state index in [4.69, 9.17) is 9.47 Å². The number of amides is 1. The second-order valence-corrected chi connectivity index (χ2v) is 6.82. The number of piperidine rings is 2. The first-order valence-electron chi connectivity index (χ1n) is 7.41. The third-order valence-corrected chi connectivity index (χ3v) is 4.11. The number of fused-ring (bicyclic) bond motifs is 2. The lowest BCUT2D eigenvalue weighted by atomic mass is 9.78. The Morgan fingerprint density at radius 1 is 1.10 bits per heavy atom. The van der Waals surface area contributed by atoms with Crippen molar-refractivity contribution in [2.75, 3.05) is 7.11 Å². The lowest BCUT2D eigenvalue weighted by molar-refractivity contribution is -0.149. The number of ether oxygens (including phenoxy) is 2. The molecule has 2 aliphatic rings. The number of nitrogens with zero attached hydrogens (tertiary/aromatic N) is 1. The summed E-state index contributed by atoms with van der Waals surface area (Å²) in [6.07, 6.45) is 4.16. The zero-order valence-electron chi connectivity index (χ0n) is 12.8. The van der Waals surface area contributed by atoms with Crippen LogP contribution < -0.4 is 0 Å². The Bertz CT molecular complexity index is 374. The summed E-state index contributed by atoms with van der Waals surface area (Å²) in [5, 5.41) is 0. The maximum atomic E-state index is 12.4. The van der Waals surface area contributed by atoms with Gasteiger partial charge in [0.2, 0.25) is 0 Å². The van der Waals surface area contributed by atoms with Gasteiger partial charge in [0.25, 0.3) is 0 Å². The van der Waals surface area contributed by atoms with Gasteiger partial charge in [-0.2, -0.15) is 0 Å². The van der Waals surface area contributed by atoms with Crippen molar-refractivity contribution < 1.29 is 19.1 Å². The lowest BCUT2D eigenvalue weighted by Crippen LogP contribution is -2.56. The van der Waals surface area contributed by atoms with E-state index in [1.807, 2.05) is 25.7 Å². The molecule has 2 fully saturated rings. The van der Waals surface area contributed by atoms with Crippen LogP contribution in [0.15, 0.2) is 0 Å². The van der Waals surface area contributed by atoms with Gasteiger partial charge in [-0.05, 0) is 52.9 Å². The second kappa shape index (κ2) is 5.62. The van der Waals surface area contributed by atoms with Crippen LogP contribution in [0.5, 0.6) is 0 Å². The first kappa shape index (κ1) is 15.1. The zero-order valence-corrected chi connectivity index (χ0v) is 12.8. The van der Waals surface area contributed by atoms with Crippen LogP contribution >= 0.6 is 0 Å². The molecule has 0 radical (unpaired) electrons. The molecule has 0 aromatic heterocycles. The summed E-state index contributed by atoms with van der Waals surface area (Å²) >= 11 is 0. The molecule has 5 nitrogen and oxygen atoms in total. The molecule has 2 aliphatic heterocycles. The molecule has 1 unspecified atom stereocenters. The summed E-state index contributed by atoms with van der Waals surface area (Å²) in [6, 6.07) is 0.225. The van der Waals surface area contributed by atoms with Gasteiger partial charge in [0.15, 0.2) is 0 Å². The van der Waals surface area contributed by atoms with Crippen LogP contribution in [-0.4, -0.2) is 41.8 Å². The van der Waals surface area contributed by atoms with E-state index in [1.54, 1.807) is 0 Å². The van der Waals surface area contributed by atoms with Gasteiger partial charge >= 0.3 is 12.1 Å². The predicted octanol–water partition coefficient (Wildman–Crippen LogP) is 2.73. The summed E-state index contributed by atoms with van der Waals surface area (Å²) in [4.78, 5) is 26.0. The Morgan fingerprint density at radius 2 is 1.65 bits per heavy atom. The third-order valence-electron chi connectivity index (χ3n) is 4.11. The highest BCUT2D eigenvalue weighted by Gasteiger charge is 2.44. The van der Waals surface area contributed by atoms with E-state index in [-0.39, 0.29) is 30.1 Å². The topological polar surface area (TPSA) is 55.8 Å². The summed E-state index contributed by atoms with van der Waals surface area (Å²) < 4.78 is 10.4. The molecule has 1 amide bonds. The highest BCUT2D eigenvalue weighted by atomic mass is 16.6. The van der Waals surface area contributed by atoms with Crippen LogP contribution in [0, 0.1) is 5.92 Å². The van der Waals surface area contributed by atoms with Crippen molar-refractivity contribution in [1.82, 2.24) is 4.90 Å². The number of carbonyl (C=O) groups excluding carboxylic acids is 2. The van der Waals surface area contributed by atoms with Gasteiger partial charge in [-0.15, -0.1) is 0 Å². The summed E-state index contributed by atoms with van der Waals surface area (Å²) in [6.45, 7) is 5.63. The second-order valence-electron chi connectivity index (χ2n) is 6.82. The van der Waals surface area contributed by atoms with Crippen LogP contribution in [0.2, 0.25) is 0 Å². The fraction of sp³-hybridized carbons (Fsp3) is 0.867. The lowest BCUT2D eigenvalue weighted by Gasteiger charge is -2.48. The number of carbonyl (C=O) groups is 2. The van der Waals surface area contributed by atoms with Gasteiger partial charge in [-0.1, -0.05) is 0 Å². The smallest absolute Gasteiger partial charge is 0.410 e. The Kier molecular flexibility index (Phi) is 4.25. The van der Waals surface area contributed by atoms with Gasteiger partial charge < -0.3 is 14.4 Å². The highest BCUT2D eigenvalue weighted by Crippen LogP contribution is 2.38. The van der Waals surface area contributed by atoms with Gasteiger partial charge in [0, 0.05) is 12.1 Å². The van der Waals surface area contributed by atoms with E-state index in [1.165, 1.54) is 7.11 Å². The minimum absolute atomic E-state index is 0.0750. The molecule has 2 heterocycles. The van der Waals surface area contributed by atoms with E-state index in [0.717, 1.165) is 19.3 Å². The summed E-state index contributed by atoms with van der Waals surface area (Å²) in [5.41, 5.74) is -0.482. The number of rotatable bonds is 1. The van der Waals surface area contributed by atoms with Gasteiger partial charge in [-0.3, -0.25) is 4.79 Å². The molecule has 2 rings (SSSR count). The fourth-order valence-corrected chi connectivity index (χ4v) is 3.35. The average Bonchev–Trinajstić information content (AvgIpc) is 2.34. The van der Waals surface area contributed by atoms with Crippen LogP contribution in [-0.2, 0) is 14.3 Å². The standard InChI is InChI=1S/C15H25NO4/c1-15(2,3)20-14(18)16-11-6-5-7-12(16)9-10(8-11)13(17)19-4/h10-12H,5-9H2,1-4H3/t10?,11-,12+. The first-order valence-corrected chi connectivity index (χ1v) is 7.41. The first-order chi connectivity index (χ1) is 9.31. The monoisotopic (exact) mass is 283 g/mol. The molecule has 0 aromatic carbocycles. The largest absolute Gasteiger partial charge is 0.469 e. The van der Waals surface area contributed by atoms with Crippen LogP contribution in [0.4, 0.5) is 4.79 Å². The van der Waals surface area contributed by atoms with E-state index >= 15 is 0 Å². The Labute approximate surface area is 120 Å². The number of hydrogen-bond acceptors (Lipinski definition) is 4. The van der Waals surface area contributed by atoms with Gasteiger partial charge in [0.05, 0.1) is 13.0 Å². The molecule has 0 saturated carbocycles. The molecule has 2 bridgehead atoms. The molecular formula is C15H25NO4. The van der Waals surface area contributed by atoms with Crippen molar-refractivity contribution in [2.45, 2.75) is 70.6 Å². The Hall–Kier alpha value is -1.26. The molecule has 0 aromatic rings. The zero-order chi connectivity index (χ0) is 14.9. The highest BCUT2D eigenvalue weighted by molar-refractivity contribution is 5.74. The maximum absolute atomic E-state index is 12.4. The van der Waals surface area contributed by atoms with Crippen molar-refractivity contribution in [1.29, 1.82) is 0 Å².